The second-order valence-corrected chi connectivity index (χ2v) is 6.33. The summed E-state index contributed by atoms with van der Waals surface area (Å²) in [4.78, 5) is 0.978. The highest BCUT2D eigenvalue weighted by Crippen LogP contribution is 2.34. The van der Waals surface area contributed by atoms with Crippen LogP contribution < -0.4 is 5.32 Å². The van der Waals surface area contributed by atoms with E-state index in [1.165, 1.54) is 12.1 Å². The van der Waals surface area contributed by atoms with E-state index in [4.69, 9.17) is 11.6 Å². The van der Waals surface area contributed by atoms with Gasteiger partial charge in [0.25, 0.3) is 0 Å². The molecule has 0 spiro atoms. The first-order valence-corrected chi connectivity index (χ1v) is 8.19. The van der Waals surface area contributed by atoms with Gasteiger partial charge in [-0.2, -0.15) is 0 Å². The highest BCUT2D eigenvalue weighted by molar-refractivity contribution is 7.10. The Morgan fingerprint density at radius 2 is 2.10 bits per heavy atom. The summed E-state index contributed by atoms with van der Waals surface area (Å²) in [6.45, 7) is 4.81. The van der Waals surface area contributed by atoms with Crippen molar-refractivity contribution < 1.29 is 8.78 Å². The Kier molecular flexibility index (Phi) is 5.73. The maximum atomic E-state index is 13.8. The summed E-state index contributed by atoms with van der Waals surface area (Å²) < 4.78 is 27.2. The molecule has 114 valence electrons. The van der Waals surface area contributed by atoms with Crippen LogP contribution in [0.4, 0.5) is 8.78 Å². The van der Waals surface area contributed by atoms with E-state index in [2.05, 4.69) is 12.2 Å². The molecule has 2 aromatic rings. The number of nitrogens with one attached hydrogen (secondary N) is 1. The molecular weight excluding hydrogens is 312 g/mol. The Labute approximate surface area is 133 Å². The summed E-state index contributed by atoms with van der Waals surface area (Å²) in [6, 6.07) is 3.45. The van der Waals surface area contributed by atoms with E-state index in [1.807, 2.05) is 12.3 Å². The van der Waals surface area contributed by atoms with Crippen LogP contribution in [0.15, 0.2) is 23.6 Å². The molecule has 21 heavy (non-hydrogen) atoms. The minimum Gasteiger partial charge on any atom is -0.309 e. The smallest absolute Gasteiger partial charge is 0.126 e. The van der Waals surface area contributed by atoms with Crippen molar-refractivity contribution >= 4 is 22.9 Å². The largest absolute Gasteiger partial charge is 0.309 e. The third-order valence-corrected chi connectivity index (χ3v) is 5.14. The van der Waals surface area contributed by atoms with Crippen molar-refractivity contribution in [3.05, 3.63) is 56.2 Å². The molecule has 1 aromatic carbocycles. The molecule has 5 heteroatoms. The number of thiophene rings is 1. The van der Waals surface area contributed by atoms with Crippen molar-refractivity contribution in [2.24, 2.45) is 0 Å². The van der Waals surface area contributed by atoms with Gasteiger partial charge in [0.2, 0.25) is 0 Å². The van der Waals surface area contributed by atoms with Crippen LogP contribution in [0.3, 0.4) is 0 Å². The van der Waals surface area contributed by atoms with Crippen LogP contribution in [0.2, 0.25) is 5.02 Å². The van der Waals surface area contributed by atoms with E-state index in [-0.39, 0.29) is 11.9 Å². The van der Waals surface area contributed by atoms with E-state index in [1.54, 1.807) is 11.3 Å². The van der Waals surface area contributed by atoms with E-state index in [0.29, 0.717) is 17.0 Å². The zero-order chi connectivity index (χ0) is 15.4. The lowest BCUT2D eigenvalue weighted by Gasteiger charge is -2.18. The lowest BCUT2D eigenvalue weighted by molar-refractivity contribution is 0.514. The fraction of sp³-hybridized carbons (Fsp3) is 0.375. The van der Waals surface area contributed by atoms with Crippen LogP contribution in [0.25, 0.3) is 0 Å². The topological polar surface area (TPSA) is 12.0 Å². The molecule has 0 aliphatic rings. The third kappa shape index (κ3) is 4.02. The molecule has 0 bridgehead atoms. The minimum atomic E-state index is -0.422. The monoisotopic (exact) mass is 329 g/mol. The Morgan fingerprint density at radius 1 is 1.33 bits per heavy atom. The van der Waals surface area contributed by atoms with Gasteiger partial charge in [0.15, 0.2) is 0 Å². The first kappa shape index (κ1) is 16.4. The first-order chi connectivity index (χ1) is 10.0. The average molecular weight is 330 g/mol. The molecule has 0 aliphatic heterocycles. The van der Waals surface area contributed by atoms with E-state index in [0.717, 1.165) is 29.5 Å². The number of hydrogen-bond donors (Lipinski definition) is 1. The summed E-state index contributed by atoms with van der Waals surface area (Å²) in [6.07, 6.45) is 1.34. The second kappa shape index (κ2) is 7.34. The van der Waals surface area contributed by atoms with Gasteiger partial charge in [0, 0.05) is 10.9 Å². The molecule has 1 N–H and O–H groups in total. The van der Waals surface area contributed by atoms with Gasteiger partial charge in [0.1, 0.15) is 11.6 Å². The second-order valence-electron chi connectivity index (χ2n) is 5.04. The molecule has 1 heterocycles. The quantitative estimate of drug-likeness (QED) is 0.761. The Balaban J connectivity index is 2.28. The van der Waals surface area contributed by atoms with Gasteiger partial charge in [-0.15, -0.1) is 11.3 Å². The van der Waals surface area contributed by atoms with Crippen molar-refractivity contribution in [1.29, 1.82) is 0 Å². The van der Waals surface area contributed by atoms with Crippen molar-refractivity contribution in [2.75, 3.05) is 6.54 Å². The van der Waals surface area contributed by atoms with Crippen LogP contribution in [0, 0.1) is 18.6 Å². The standard InChI is InChI=1S/C16H18ClF2NS/c1-3-6-20-14(16-15(17)10(2)9-21-16)8-11-7-12(18)4-5-13(11)19/h4-5,7,9,14,20H,3,6,8H2,1-2H3. The van der Waals surface area contributed by atoms with Crippen molar-refractivity contribution in [2.45, 2.75) is 32.7 Å². The summed E-state index contributed by atoms with van der Waals surface area (Å²) in [5.74, 6) is -0.807. The fourth-order valence-corrected chi connectivity index (χ4v) is 3.58. The summed E-state index contributed by atoms with van der Waals surface area (Å²) in [7, 11) is 0. The number of benzene rings is 1. The Bertz CT molecular complexity index is 612. The molecule has 0 amide bonds. The zero-order valence-corrected chi connectivity index (χ0v) is 13.6. The first-order valence-electron chi connectivity index (χ1n) is 6.93. The maximum absolute atomic E-state index is 13.8. The summed E-state index contributed by atoms with van der Waals surface area (Å²) >= 11 is 7.88. The SMILES string of the molecule is CCCNC(Cc1cc(F)ccc1F)c1scc(C)c1Cl. The molecule has 2 rings (SSSR count). The highest BCUT2D eigenvalue weighted by atomic mass is 35.5. The number of aryl methyl sites for hydroxylation is 1. The van der Waals surface area contributed by atoms with Gasteiger partial charge in [-0.05, 0) is 61.0 Å². The minimum absolute atomic E-state index is 0.104. The maximum Gasteiger partial charge on any atom is 0.126 e. The van der Waals surface area contributed by atoms with E-state index in [9.17, 15) is 8.78 Å². The predicted octanol–water partition coefficient (Wildman–Crippen LogP) is 5.27. The number of rotatable bonds is 6. The average Bonchev–Trinajstić information content (AvgIpc) is 2.79. The molecule has 0 saturated carbocycles. The Hall–Kier alpha value is -0.970. The lowest BCUT2D eigenvalue weighted by atomic mass is 10.0. The molecule has 0 fully saturated rings. The van der Waals surface area contributed by atoms with Crippen LogP contribution in [0.1, 0.15) is 35.4 Å². The number of hydrogen-bond acceptors (Lipinski definition) is 2. The van der Waals surface area contributed by atoms with Gasteiger partial charge in [-0.25, -0.2) is 8.78 Å². The van der Waals surface area contributed by atoms with Gasteiger partial charge in [-0.1, -0.05) is 18.5 Å². The summed E-state index contributed by atoms with van der Waals surface area (Å²) in [5, 5.41) is 6.07. The van der Waals surface area contributed by atoms with Gasteiger partial charge in [0.05, 0.1) is 5.02 Å². The third-order valence-electron chi connectivity index (χ3n) is 3.31. The molecule has 0 radical (unpaired) electrons. The zero-order valence-electron chi connectivity index (χ0n) is 12.1. The molecule has 1 unspecified atom stereocenters. The molecule has 0 saturated heterocycles. The van der Waals surface area contributed by atoms with Crippen LogP contribution in [-0.2, 0) is 6.42 Å². The molecule has 1 atom stereocenters. The van der Waals surface area contributed by atoms with Gasteiger partial charge >= 0.3 is 0 Å². The van der Waals surface area contributed by atoms with Gasteiger partial charge in [-0.3, -0.25) is 0 Å². The van der Waals surface area contributed by atoms with Crippen LogP contribution >= 0.6 is 22.9 Å². The van der Waals surface area contributed by atoms with Gasteiger partial charge < -0.3 is 5.32 Å². The molecule has 0 aliphatic carbocycles. The van der Waals surface area contributed by atoms with E-state index >= 15 is 0 Å². The highest BCUT2D eigenvalue weighted by Gasteiger charge is 2.19. The molecule has 1 aromatic heterocycles. The molecular formula is C16H18ClF2NS. The molecule has 1 nitrogen and oxygen atoms in total. The van der Waals surface area contributed by atoms with E-state index < -0.39 is 5.82 Å². The van der Waals surface area contributed by atoms with Crippen LogP contribution in [-0.4, -0.2) is 6.54 Å². The Morgan fingerprint density at radius 3 is 2.71 bits per heavy atom. The van der Waals surface area contributed by atoms with Crippen molar-refractivity contribution in [3.8, 4) is 0 Å². The fourth-order valence-electron chi connectivity index (χ4n) is 2.18. The lowest BCUT2D eigenvalue weighted by Crippen LogP contribution is -2.24. The summed E-state index contributed by atoms with van der Waals surface area (Å²) in [5.41, 5.74) is 1.38. The predicted molar refractivity (Wildman–Crippen MR) is 85.2 cm³/mol. The normalized spacial score (nSPS) is 12.6. The van der Waals surface area contributed by atoms with Crippen molar-refractivity contribution in [3.63, 3.8) is 0 Å². The van der Waals surface area contributed by atoms with Crippen molar-refractivity contribution in [1.82, 2.24) is 5.32 Å². The van der Waals surface area contributed by atoms with Crippen LogP contribution in [0.5, 0.6) is 0 Å². The number of halogens is 3.